The molecule has 3 rings (SSSR count). The summed E-state index contributed by atoms with van der Waals surface area (Å²) in [5, 5.41) is 0.382. The third-order valence-corrected chi connectivity index (χ3v) is 6.28. The minimum absolute atomic E-state index is 0.0439. The van der Waals surface area contributed by atoms with Crippen LogP contribution in [0.5, 0.6) is 0 Å². The molecule has 0 saturated carbocycles. The van der Waals surface area contributed by atoms with Crippen molar-refractivity contribution in [3.63, 3.8) is 0 Å². The molecular formula is C20H20ClN3O5S. The zero-order valence-electron chi connectivity index (χ0n) is 16.0. The Kier molecular flexibility index (Phi) is 6.86. The van der Waals surface area contributed by atoms with E-state index < -0.39 is 34.3 Å². The number of carbonyl (C=O) groups excluding carboxylic acids is 3. The Hall–Kier alpha value is -2.75. The lowest BCUT2D eigenvalue weighted by molar-refractivity contribution is -0.156. The number of carbonyl (C=O) groups is 3. The number of benzene rings is 2. The van der Waals surface area contributed by atoms with Crippen LogP contribution in [-0.4, -0.2) is 62.1 Å². The van der Waals surface area contributed by atoms with Gasteiger partial charge in [-0.15, -0.1) is 0 Å². The van der Waals surface area contributed by atoms with E-state index in [1.54, 1.807) is 0 Å². The van der Waals surface area contributed by atoms with Crippen LogP contribution in [0.4, 0.5) is 0 Å². The average molecular weight is 450 g/mol. The third kappa shape index (κ3) is 5.44. The standard InChI is InChI=1S/C20H20ClN3O5S/c21-16-6-8-17(9-7-16)30(28,29)22-12-18(25)23-13-19(26)24(20(27)14-23)11-10-15-4-2-1-3-5-15/h1-9,22H,10-14H2. The van der Waals surface area contributed by atoms with Crippen LogP contribution in [0.3, 0.4) is 0 Å². The second-order valence-electron chi connectivity index (χ2n) is 6.70. The molecule has 1 aliphatic heterocycles. The molecule has 0 aliphatic carbocycles. The number of hydrogen-bond donors (Lipinski definition) is 1. The lowest BCUT2D eigenvalue weighted by atomic mass is 10.1. The van der Waals surface area contributed by atoms with Crippen molar-refractivity contribution in [3.8, 4) is 0 Å². The van der Waals surface area contributed by atoms with Gasteiger partial charge in [0, 0.05) is 11.6 Å². The summed E-state index contributed by atoms with van der Waals surface area (Å²) in [6.45, 7) is -0.882. The number of rotatable bonds is 7. The molecule has 1 fully saturated rings. The molecule has 3 amide bonds. The highest BCUT2D eigenvalue weighted by atomic mass is 35.5. The molecule has 1 saturated heterocycles. The van der Waals surface area contributed by atoms with E-state index in [4.69, 9.17) is 11.6 Å². The predicted molar refractivity (Wildman–Crippen MR) is 110 cm³/mol. The number of piperazine rings is 1. The average Bonchev–Trinajstić information content (AvgIpc) is 2.72. The molecule has 2 aromatic rings. The first-order valence-electron chi connectivity index (χ1n) is 9.16. The molecule has 0 unspecified atom stereocenters. The Morgan fingerprint density at radius 3 is 2.17 bits per heavy atom. The molecule has 10 heteroatoms. The summed E-state index contributed by atoms with van der Waals surface area (Å²) in [6, 6.07) is 14.9. The van der Waals surface area contributed by atoms with Crippen molar-refractivity contribution in [3.05, 3.63) is 65.2 Å². The van der Waals surface area contributed by atoms with Crippen LogP contribution >= 0.6 is 11.6 Å². The van der Waals surface area contributed by atoms with Gasteiger partial charge in [-0.25, -0.2) is 13.1 Å². The summed E-state index contributed by atoms with van der Waals surface area (Å²) in [5.41, 5.74) is 0.994. The highest BCUT2D eigenvalue weighted by Gasteiger charge is 2.33. The topological polar surface area (TPSA) is 104 Å². The maximum atomic E-state index is 12.4. The predicted octanol–water partition coefficient (Wildman–Crippen LogP) is 1.06. The molecule has 0 atom stereocenters. The van der Waals surface area contributed by atoms with Crippen LogP contribution < -0.4 is 4.72 Å². The van der Waals surface area contributed by atoms with E-state index in [-0.39, 0.29) is 24.5 Å². The molecule has 1 N–H and O–H groups in total. The first-order chi connectivity index (χ1) is 14.3. The van der Waals surface area contributed by atoms with E-state index in [2.05, 4.69) is 4.72 Å². The maximum Gasteiger partial charge on any atom is 0.248 e. The van der Waals surface area contributed by atoms with Gasteiger partial charge < -0.3 is 4.90 Å². The van der Waals surface area contributed by atoms with Crippen LogP contribution in [0.25, 0.3) is 0 Å². The van der Waals surface area contributed by atoms with Gasteiger partial charge in [-0.2, -0.15) is 0 Å². The van der Waals surface area contributed by atoms with E-state index in [9.17, 15) is 22.8 Å². The van der Waals surface area contributed by atoms with Crippen molar-refractivity contribution >= 4 is 39.3 Å². The second-order valence-corrected chi connectivity index (χ2v) is 8.91. The number of nitrogens with zero attached hydrogens (tertiary/aromatic N) is 2. The highest BCUT2D eigenvalue weighted by Crippen LogP contribution is 2.14. The Labute approximate surface area is 179 Å². The molecule has 8 nitrogen and oxygen atoms in total. The lowest BCUT2D eigenvalue weighted by Gasteiger charge is -2.32. The normalized spacial score (nSPS) is 14.8. The quantitative estimate of drug-likeness (QED) is 0.636. The highest BCUT2D eigenvalue weighted by molar-refractivity contribution is 7.89. The lowest BCUT2D eigenvalue weighted by Crippen LogP contribution is -2.57. The van der Waals surface area contributed by atoms with Crippen molar-refractivity contribution in [1.29, 1.82) is 0 Å². The van der Waals surface area contributed by atoms with Crippen molar-refractivity contribution in [2.45, 2.75) is 11.3 Å². The van der Waals surface area contributed by atoms with Crippen molar-refractivity contribution in [2.24, 2.45) is 0 Å². The van der Waals surface area contributed by atoms with Crippen LogP contribution in [0.15, 0.2) is 59.5 Å². The van der Waals surface area contributed by atoms with E-state index >= 15 is 0 Å². The minimum atomic E-state index is -3.92. The fraction of sp³-hybridized carbons (Fsp3) is 0.250. The molecule has 0 radical (unpaired) electrons. The monoisotopic (exact) mass is 449 g/mol. The fourth-order valence-corrected chi connectivity index (χ4v) is 4.07. The molecular weight excluding hydrogens is 430 g/mol. The Balaban J connectivity index is 1.54. The number of hydrogen-bond acceptors (Lipinski definition) is 5. The molecule has 0 bridgehead atoms. The van der Waals surface area contributed by atoms with Crippen LogP contribution in [0.1, 0.15) is 5.56 Å². The molecule has 1 aliphatic rings. The number of amides is 3. The first-order valence-corrected chi connectivity index (χ1v) is 11.0. The Morgan fingerprint density at radius 1 is 0.967 bits per heavy atom. The van der Waals surface area contributed by atoms with Gasteiger partial charge in [0.2, 0.25) is 27.7 Å². The van der Waals surface area contributed by atoms with Gasteiger partial charge in [0.05, 0.1) is 11.4 Å². The second kappa shape index (κ2) is 9.38. The molecule has 0 aromatic heterocycles. The van der Waals surface area contributed by atoms with E-state index in [0.717, 1.165) is 15.4 Å². The van der Waals surface area contributed by atoms with Gasteiger partial charge in [-0.05, 0) is 36.2 Å². The summed E-state index contributed by atoms with van der Waals surface area (Å²) >= 11 is 5.74. The summed E-state index contributed by atoms with van der Waals surface area (Å²) in [4.78, 5) is 39.2. The van der Waals surface area contributed by atoms with Crippen LogP contribution in [-0.2, 0) is 30.8 Å². The van der Waals surface area contributed by atoms with Gasteiger partial charge >= 0.3 is 0 Å². The molecule has 0 spiro atoms. The van der Waals surface area contributed by atoms with Gasteiger partial charge in [-0.1, -0.05) is 41.9 Å². The smallest absolute Gasteiger partial charge is 0.248 e. The Morgan fingerprint density at radius 2 is 1.57 bits per heavy atom. The first kappa shape index (κ1) is 21.9. The fourth-order valence-electron chi connectivity index (χ4n) is 2.97. The van der Waals surface area contributed by atoms with E-state index in [0.29, 0.717) is 11.4 Å². The van der Waals surface area contributed by atoms with Gasteiger partial charge in [0.15, 0.2) is 0 Å². The summed E-state index contributed by atoms with van der Waals surface area (Å²) in [7, 11) is -3.92. The zero-order valence-corrected chi connectivity index (χ0v) is 17.5. The SMILES string of the molecule is O=C(CNS(=O)(=O)c1ccc(Cl)cc1)N1CC(=O)N(CCc2ccccc2)C(=O)C1. The molecule has 1 heterocycles. The largest absolute Gasteiger partial charge is 0.323 e. The van der Waals surface area contributed by atoms with Crippen molar-refractivity contribution in [2.75, 3.05) is 26.2 Å². The summed E-state index contributed by atoms with van der Waals surface area (Å²) in [5.74, 6) is -1.64. The van der Waals surface area contributed by atoms with E-state index in [1.165, 1.54) is 24.3 Å². The zero-order chi connectivity index (χ0) is 21.7. The van der Waals surface area contributed by atoms with Gasteiger partial charge in [-0.3, -0.25) is 19.3 Å². The third-order valence-electron chi connectivity index (χ3n) is 4.61. The maximum absolute atomic E-state index is 12.4. The number of nitrogens with one attached hydrogen (secondary N) is 1. The summed E-state index contributed by atoms with van der Waals surface area (Å²) in [6.07, 6.45) is 0.521. The van der Waals surface area contributed by atoms with Crippen molar-refractivity contribution in [1.82, 2.24) is 14.5 Å². The van der Waals surface area contributed by atoms with E-state index in [1.807, 2.05) is 30.3 Å². The number of sulfonamides is 1. The van der Waals surface area contributed by atoms with Crippen LogP contribution in [0.2, 0.25) is 5.02 Å². The summed E-state index contributed by atoms with van der Waals surface area (Å²) < 4.78 is 26.7. The number of halogens is 1. The van der Waals surface area contributed by atoms with Gasteiger partial charge in [0.25, 0.3) is 0 Å². The molecule has 30 heavy (non-hydrogen) atoms. The minimum Gasteiger partial charge on any atom is -0.323 e. The Bertz CT molecular complexity index is 1020. The van der Waals surface area contributed by atoms with Crippen molar-refractivity contribution < 1.29 is 22.8 Å². The van der Waals surface area contributed by atoms with Crippen LogP contribution in [0, 0.1) is 0 Å². The molecule has 2 aromatic carbocycles. The number of imide groups is 1. The molecule has 158 valence electrons. The van der Waals surface area contributed by atoms with Gasteiger partial charge in [0.1, 0.15) is 13.1 Å².